The van der Waals surface area contributed by atoms with Crippen LogP contribution in [0.25, 0.3) is 0 Å². The lowest BCUT2D eigenvalue weighted by Crippen LogP contribution is -2.36. The fourth-order valence-electron chi connectivity index (χ4n) is 2.25. The molecule has 0 aliphatic carbocycles. The van der Waals surface area contributed by atoms with Crippen LogP contribution >= 0.6 is 39.9 Å². The maximum absolute atomic E-state index is 12.2. The Balaban J connectivity index is 0.00000576. The first kappa shape index (κ1) is 24.2. The third-order valence-electron chi connectivity index (χ3n) is 3.73. The molecule has 5 nitrogen and oxygen atoms in total. The van der Waals surface area contributed by atoms with E-state index in [1.54, 1.807) is 4.90 Å². The van der Waals surface area contributed by atoms with Crippen molar-refractivity contribution < 1.29 is 4.79 Å². The van der Waals surface area contributed by atoms with Gasteiger partial charge in [0.2, 0.25) is 5.91 Å². The van der Waals surface area contributed by atoms with Gasteiger partial charge in [0.25, 0.3) is 0 Å². The molecule has 0 heterocycles. The molecule has 0 aromatic heterocycles. The van der Waals surface area contributed by atoms with Crippen molar-refractivity contribution in [1.29, 1.82) is 0 Å². The van der Waals surface area contributed by atoms with Crippen molar-refractivity contribution in [2.24, 2.45) is 10.7 Å². The topological polar surface area (TPSA) is 70.7 Å². The fraction of sp³-hybridized carbons (Fsp3) is 0.556. The van der Waals surface area contributed by atoms with E-state index in [0.717, 1.165) is 23.0 Å². The van der Waals surface area contributed by atoms with Crippen LogP contribution in [-0.4, -0.2) is 36.9 Å². The molecule has 0 saturated heterocycles. The number of aliphatic imine (C=N–C) groups is 1. The molecule has 1 rings (SSSR count). The van der Waals surface area contributed by atoms with Crippen LogP contribution in [0.4, 0.5) is 0 Å². The number of nitrogens with zero attached hydrogens (tertiary/aromatic N) is 2. The molecule has 1 amide bonds. The zero-order valence-corrected chi connectivity index (χ0v) is 19.0. The van der Waals surface area contributed by atoms with Gasteiger partial charge >= 0.3 is 0 Å². The third kappa shape index (κ3) is 10.7. The summed E-state index contributed by atoms with van der Waals surface area (Å²) in [6, 6.07) is 7.92. The zero-order valence-electron chi connectivity index (χ0n) is 15.1. The number of nitrogens with one attached hydrogen (secondary N) is 1. The van der Waals surface area contributed by atoms with Crippen molar-refractivity contribution in [3.8, 4) is 0 Å². The second kappa shape index (κ2) is 14.4. The minimum atomic E-state index is 0. The molecule has 0 atom stereocenters. The summed E-state index contributed by atoms with van der Waals surface area (Å²) in [7, 11) is 1.81. The highest BCUT2D eigenvalue weighted by Crippen LogP contribution is 2.17. The molecule has 0 bridgehead atoms. The van der Waals surface area contributed by atoms with Crippen LogP contribution in [0.3, 0.4) is 0 Å². The van der Waals surface area contributed by atoms with Gasteiger partial charge in [0, 0.05) is 37.6 Å². The van der Waals surface area contributed by atoms with E-state index in [9.17, 15) is 4.79 Å². The largest absolute Gasteiger partial charge is 0.370 e. The Kier molecular flexibility index (Phi) is 13.9. The van der Waals surface area contributed by atoms with Crippen LogP contribution in [0.15, 0.2) is 33.7 Å². The highest BCUT2D eigenvalue weighted by atomic mass is 127. The predicted octanol–water partition coefficient (Wildman–Crippen LogP) is 3.90. The monoisotopic (exact) mass is 524 g/mol. The number of hydrogen-bond acceptors (Lipinski definition) is 2. The molecule has 1 aromatic carbocycles. The average Bonchev–Trinajstić information content (AvgIpc) is 2.56. The Morgan fingerprint density at radius 1 is 1.28 bits per heavy atom. The predicted molar refractivity (Wildman–Crippen MR) is 119 cm³/mol. The lowest BCUT2D eigenvalue weighted by Gasteiger charge is -2.18. The van der Waals surface area contributed by atoms with E-state index in [-0.39, 0.29) is 29.9 Å². The van der Waals surface area contributed by atoms with Gasteiger partial charge in [-0.15, -0.1) is 24.0 Å². The van der Waals surface area contributed by atoms with E-state index < -0.39 is 0 Å². The van der Waals surface area contributed by atoms with Crippen LogP contribution in [0.1, 0.15) is 44.6 Å². The van der Waals surface area contributed by atoms with Crippen LogP contribution in [0.5, 0.6) is 0 Å². The summed E-state index contributed by atoms with van der Waals surface area (Å²) in [6.45, 7) is 4.02. The van der Waals surface area contributed by atoms with E-state index in [1.807, 2.05) is 31.3 Å². The van der Waals surface area contributed by atoms with Crippen molar-refractivity contribution >= 4 is 51.8 Å². The molecule has 0 fully saturated rings. The Hall–Kier alpha value is -0.830. The Morgan fingerprint density at radius 2 is 2.00 bits per heavy atom. The van der Waals surface area contributed by atoms with Gasteiger partial charge in [-0.25, -0.2) is 0 Å². The second-order valence-electron chi connectivity index (χ2n) is 5.85. The number of carbonyl (C=O) groups is 1. The molecular weight excluding hydrogens is 495 g/mol. The van der Waals surface area contributed by atoms with E-state index in [1.165, 1.54) is 19.3 Å². The number of rotatable bonds is 10. The summed E-state index contributed by atoms with van der Waals surface area (Å²) in [6.07, 6.45) is 5.09. The molecule has 0 aliphatic heterocycles. The summed E-state index contributed by atoms with van der Waals surface area (Å²) in [5.41, 5.74) is 6.89. The van der Waals surface area contributed by atoms with Crippen molar-refractivity contribution in [1.82, 2.24) is 10.2 Å². The number of nitrogens with two attached hydrogens (primary N) is 1. The van der Waals surface area contributed by atoms with Crippen molar-refractivity contribution in [2.45, 2.75) is 45.6 Å². The number of hydrogen-bond donors (Lipinski definition) is 2. The van der Waals surface area contributed by atoms with Gasteiger partial charge in [-0.05, 0) is 18.1 Å². The van der Waals surface area contributed by atoms with E-state index in [0.29, 0.717) is 25.5 Å². The SMILES string of the molecule is CCCCCCN=C(N)NCCC(=O)N(C)Cc1ccccc1Br.I. The summed E-state index contributed by atoms with van der Waals surface area (Å²) in [5.74, 6) is 0.502. The molecule has 0 saturated carbocycles. The zero-order chi connectivity index (χ0) is 17.8. The maximum Gasteiger partial charge on any atom is 0.224 e. The number of halogens is 2. The fourth-order valence-corrected chi connectivity index (χ4v) is 2.66. The summed E-state index contributed by atoms with van der Waals surface area (Å²) < 4.78 is 1.02. The minimum Gasteiger partial charge on any atom is -0.370 e. The van der Waals surface area contributed by atoms with Gasteiger partial charge in [-0.2, -0.15) is 0 Å². The molecule has 0 spiro atoms. The highest BCUT2D eigenvalue weighted by molar-refractivity contribution is 14.0. The van der Waals surface area contributed by atoms with Gasteiger partial charge in [-0.1, -0.05) is 60.3 Å². The Labute approximate surface area is 177 Å². The van der Waals surface area contributed by atoms with Crippen molar-refractivity contribution in [2.75, 3.05) is 20.1 Å². The molecule has 142 valence electrons. The smallest absolute Gasteiger partial charge is 0.224 e. The van der Waals surface area contributed by atoms with E-state index in [4.69, 9.17) is 5.73 Å². The van der Waals surface area contributed by atoms with Gasteiger partial charge < -0.3 is 16.0 Å². The van der Waals surface area contributed by atoms with Gasteiger partial charge in [0.1, 0.15) is 0 Å². The van der Waals surface area contributed by atoms with Crippen LogP contribution in [0.2, 0.25) is 0 Å². The number of unbranched alkanes of at least 4 members (excludes halogenated alkanes) is 3. The normalized spacial score (nSPS) is 10.9. The molecule has 1 aromatic rings. The van der Waals surface area contributed by atoms with Crippen LogP contribution < -0.4 is 11.1 Å². The van der Waals surface area contributed by atoms with E-state index in [2.05, 4.69) is 33.2 Å². The summed E-state index contributed by atoms with van der Waals surface area (Å²) >= 11 is 3.50. The Bertz CT molecular complexity index is 540. The summed E-state index contributed by atoms with van der Waals surface area (Å²) in [4.78, 5) is 18.2. The third-order valence-corrected chi connectivity index (χ3v) is 4.50. The first-order valence-corrected chi connectivity index (χ1v) is 9.35. The first-order chi connectivity index (χ1) is 11.5. The number of carbonyl (C=O) groups excluding carboxylic acids is 1. The van der Waals surface area contributed by atoms with Crippen LogP contribution in [-0.2, 0) is 11.3 Å². The number of amides is 1. The molecule has 0 unspecified atom stereocenters. The van der Waals surface area contributed by atoms with Crippen LogP contribution in [0, 0.1) is 0 Å². The molecule has 7 heteroatoms. The minimum absolute atomic E-state index is 0. The number of benzene rings is 1. The molecule has 0 radical (unpaired) electrons. The number of guanidine groups is 1. The molecule has 25 heavy (non-hydrogen) atoms. The van der Waals surface area contributed by atoms with Gasteiger partial charge in [0.05, 0.1) is 0 Å². The van der Waals surface area contributed by atoms with Gasteiger partial charge in [0.15, 0.2) is 5.96 Å². The molecule has 3 N–H and O–H groups in total. The standard InChI is InChI=1S/C18H29BrN4O.HI/c1-3-4-5-8-12-21-18(20)22-13-11-17(24)23(2)14-15-9-6-7-10-16(15)19;/h6-7,9-10H,3-5,8,11-14H2,1-2H3,(H3,20,21,22);1H. The Morgan fingerprint density at radius 3 is 2.68 bits per heavy atom. The maximum atomic E-state index is 12.2. The van der Waals surface area contributed by atoms with E-state index >= 15 is 0 Å². The highest BCUT2D eigenvalue weighted by Gasteiger charge is 2.10. The van der Waals surface area contributed by atoms with Gasteiger partial charge in [-0.3, -0.25) is 9.79 Å². The molecular formula is C18H30BrIN4O. The quantitative estimate of drug-likeness (QED) is 0.211. The second-order valence-corrected chi connectivity index (χ2v) is 6.70. The lowest BCUT2D eigenvalue weighted by atomic mass is 10.2. The molecule has 0 aliphatic rings. The van der Waals surface area contributed by atoms with Crippen molar-refractivity contribution in [3.05, 3.63) is 34.3 Å². The average molecular weight is 525 g/mol. The first-order valence-electron chi connectivity index (χ1n) is 8.55. The van der Waals surface area contributed by atoms with Crippen molar-refractivity contribution in [3.63, 3.8) is 0 Å². The summed E-state index contributed by atoms with van der Waals surface area (Å²) in [5, 5.41) is 3.01. The lowest BCUT2D eigenvalue weighted by molar-refractivity contribution is -0.130.